The number of aliphatic carboxylic acids is 1. The third kappa shape index (κ3) is 2.10. The Balaban J connectivity index is 2.11. The van der Waals surface area contributed by atoms with Crippen molar-refractivity contribution in [3.63, 3.8) is 0 Å². The second-order valence-electron chi connectivity index (χ2n) is 3.78. The van der Waals surface area contributed by atoms with Gasteiger partial charge in [0.05, 0.1) is 0 Å². The second-order valence-corrected chi connectivity index (χ2v) is 3.78. The van der Waals surface area contributed by atoms with Crippen LogP contribution in [0.2, 0.25) is 0 Å². The topological polar surface area (TPSA) is 69.6 Å². The van der Waals surface area contributed by atoms with Crippen LogP contribution in [-0.4, -0.2) is 22.2 Å². The maximum Gasteiger partial charge on any atom is 0.320 e. The van der Waals surface area contributed by atoms with Crippen molar-refractivity contribution in [1.29, 1.82) is 0 Å². The minimum atomic E-state index is -0.808. The van der Waals surface area contributed by atoms with Gasteiger partial charge in [-0.1, -0.05) is 12.1 Å². The van der Waals surface area contributed by atoms with Gasteiger partial charge in [0.25, 0.3) is 0 Å². The maximum absolute atomic E-state index is 10.7. The number of carboxylic acids is 1. The molecule has 0 bridgehead atoms. The molecule has 4 heteroatoms. The average Bonchev–Trinajstić information content (AvgIpc) is 2.66. The Morgan fingerprint density at radius 1 is 1.40 bits per heavy atom. The Bertz CT molecular complexity index is 378. The predicted octanol–water partition coefficient (Wildman–Crippen LogP) is 1.27. The van der Waals surface area contributed by atoms with Gasteiger partial charge in [0.2, 0.25) is 0 Å². The van der Waals surface area contributed by atoms with E-state index >= 15 is 0 Å². The highest BCUT2D eigenvalue weighted by molar-refractivity contribution is 5.73. The first-order valence-electron chi connectivity index (χ1n) is 4.94. The number of phenolic OH excluding ortho intramolecular Hbond substituents is 1. The molecule has 0 aliphatic carbocycles. The fraction of sp³-hybridized carbons (Fsp3) is 0.364. The summed E-state index contributed by atoms with van der Waals surface area (Å²) in [5.41, 5.74) is 0.943. The van der Waals surface area contributed by atoms with Crippen molar-refractivity contribution in [2.45, 2.75) is 24.9 Å². The summed E-state index contributed by atoms with van der Waals surface area (Å²) in [4.78, 5) is 10.7. The molecule has 1 aromatic rings. The number of rotatable bonds is 2. The lowest BCUT2D eigenvalue weighted by Crippen LogP contribution is -2.31. The Kier molecular flexibility index (Phi) is 2.60. The molecule has 1 aliphatic heterocycles. The highest BCUT2D eigenvalue weighted by Crippen LogP contribution is 2.28. The third-order valence-corrected chi connectivity index (χ3v) is 2.72. The Morgan fingerprint density at radius 3 is 2.80 bits per heavy atom. The first kappa shape index (κ1) is 9.98. The van der Waals surface area contributed by atoms with Crippen molar-refractivity contribution in [3.05, 3.63) is 29.8 Å². The van der Waals surface area contributed by atoms with Gasteiger partial charge >= 0.3 is 5.97 Å². The number of hydrogen-bond donors (Lipinski definition) is 3. The minimum absolute atomic E-state index is 0.0400. The summed E-state index contributed by atoms with van der Waals surface area (Å²) in [7, 11) is 0. The molecule has 1 aromatic carbocycles. The van der Waals surface area contributed by atoms with Gasteiger partial charge in [-0.2, -0.15) is 0 Å². The van der Waals surface area contributed by atoms with Crippen molar-refractivity contribution in [3.8, 4) is 5.75 Å². The molecule has 0 radical (unpaired) electrons. The molecular formula is C11H13NO3. The van der Waals surface area contributed by atoms with E-state index in [-0.39, 0.29) is 11.8 Å². The highest BCUT2D eigenvalue weighted by Gasteiger charge is 2.29. The van der Waals surface area contributed by atoms with Gasteiger partial charge < -0.3 is 10.2 Å². The van der Waals surface area contributed by atoms with Crippen LogP contribution in [0.5, 0.6) is 5.75 Å². The summed E-state index contributed by atoms with van der Waals surface area (Å²) in [5.74, 6) is -0.592. The molecule has 15 heavy (non-hydrogen) atoms. The molecule has 1 heterocycles. The van der Waals surface area contributed by atoms with Crippen molar-refractivity contribution in [1.82, 2.24) is 5.32 Å². The normalized spacial score (nSPS) is 25.3. The predicted molar refractivity (Wildman–Crippen MR) is 54.6 cm³/mol. The molecule has 1 aliphatic rings. The molecule has 0 spiro atoms. The number of carbonyl (C=O) groups is 1. The van der Waals surface area contributed by atoms with Crippen LogP contribution in [0, 0.1) is 0 Å². The quantitative estimate of drug-likeness (QED) is 0.683. The molecule has 1 fully saturated rings. The van der Waals surface area contributed by atoms with Gasteiger partial charge in [-0.05, 0) is 30.5 Å². The number of hydrogen-bond acceptors (Lipinski definition) is 3. The van der Waals surface area contributed by atoms with Crippen LogP contribution in [0.3, 0.4) is 0 Å². The smallest absolute Gasteiger partial charge is 0.320 e. The zero-order chi connectivity index (χ0) is 10.8. The van der Waals surface area contributed by atoms with Gasteiger partial charge in [-0.3, -0.25) is 10.1 Å². The van der Waals surface area contributed by atoms with Crippen LogP contribution in [0.4, 0.5) is 0 Å². The summed E-state index contributed by atoms with van der Waals surface area (Å²) < 4.78 is 0. The van der Waals surface area contributed by atoms with Gasteiger partial charge in [-0.15, -0.1) is 0 Å². The van der Waals surface area contributed by atoms with Gasteiger partial charge in [0.1, 0.15) is 11.8 Å². The van der Waals surface area contributed by atoms with Crippen molar-refractivity contribution < 1.29 is 15.0 Å². The van der Waals surface area contributed by atoms with E-state index in [0.29, 0.717) is 6.42 Å². The largest absolute Gasteiger partial charge is 0.508 e. The maximum atomic E-state index is 10.7. The van der Waals surface area contributed by atoms with E-state index in [1.807, 2.05) is 6.07 Å². The van der Waals surface area contributed by atoms with E-state index < -0.39 is 12.0 Å². The van der Waals surface area contributed by atoms with E-state index in [1.165, 1.54) is 0 Å². The Hall–Kier alpha value is -1.55. The third-order valence-electron chi connectivity index (χ3n) is 2.72. The SMILES string of the molecule is O=C(O)C1CCC(c2cccc(O)c2)N1. The van der Waals surface area contributed by atoms with Gasteiger partial charge in [0, 0.05) is 6.04 Å². The number of benzene rings is 1. The molecule has 4 nitrogen and oxygen atoms in total. The first-order chi connectivity index (χ1) is 7.16. The Labute approximate surface area is 87.6 Å². The van der Waals surface area contributed by atoms with Gasteiger partial charge in [0.15, 0.2) is 0 Å². The molecular weight excluding hydrogens is 194 g/mol. The average molecular weight is 207 g/mol. The molecule has 0 aromatic heterocycles. The molecule has 0 saturated carbocycles. The van der Waals surface area contributed by atoms with E-state index in [2.05, 4.69) is 5.32 Å². The fourth-order valence-corrected chi connectivity index (χ4v) is 1.94. The molecule has 2 rings (SSSR count). The molecule has 1 saturated heterocycles. The number of nitrogens with one attached hydrogen (secondary N) is 1. The monoisotopic (exact) mass is 207 g/mol. The van der Waals surface area contributed by atoms with E-state index in [1.54, 1.807) is 18.2 Å². The minimum Gasteiger partial charge on any atom is -0.508 e. The van der Waals surface area contributed by atoms with Crippen LogP contribution in [-0.2, 0) is 4.79 Å². The van der Waals surface area contributed by atoms with Gasteiger partial charge in [-0.25, -0.2) is 0 Å². The zero-order valence-electron chi connectivity index (χ0n) is 8.18. The lowest BCUT2D eigenvalue weighted by Gasteiger charge is -2.12. The van der Waals surface area contributed by atoms with Crippen LogP contribution in [0.15, 0.2) is 24.3 Å². The summed E-state index contributed by atoms with van der Waals surface area (Å²) in [5, 5.41) is 21.1. The van der Waals surface area contributed by atoms with E-state index in [9.17, 15) is 9.90 Å². The van der Waals surface area contributed by atoms with Crippen LogP contribution >= 0.6 is 0 Å². The van der Waals surface area contributed by atoms with Crippen molar-refractivity contribution in [2.75, 3.05) is 0 Å². The first-order valence-corrected chi connectivity index (χ1v) is 4.94. The highest BCUT2D eigenvalue weighted by atomic mass is 16.4. The number of carboxylic acid groups (broad SMARTS) is 1. The zero-order valence-corrected chi connectivity index (χ0v) is 8.18. The standard InChI is InChI=1S/C11H13NO3/c13-8-3-1-2-7(6-8)9-4-5-10(12-9)11(14)15/h1-3,6,9-10,12-13H,4-5H2,(H,14,15). The lowest BCUT2D eigenvalue weighted by atomic mass is 10.1. The summed E-state index contributed by atoms with van der Waals surface area (Å²) in [6, 6.07) is 6.51. The molecule has 2 unspecified atom stereocenters. The Morgan fingerprint density at radius 2 is 2.20 bits per heavy atom. The molecule has 2 atom stereocenters. The van der Waals surface area contributed by atoms with Crippen LogP contribution in [0.25, 0.3) is 0 Å². The number of phenols is 1. The van der Waals surface area contributed by atoms with Crippen molar-refractivity contribution >= 4 is 5.97 Å². The van der Waals surface area contributed by atoms with E-state index in [0.717, 1.165) is 12.0 Å². The molecule has 3 N–H and O–H groups in total. The summed E-state index contributed by atoms with van der Waals surface area (Å²) >= 11 is 0. The van der Waals surface area contributed by atoms with Crippen molar-refractivity contribution in [2.24, 2.45) is 0 Å². The lowest BCUT2D eigenvalue weighted by molar-refractivity contribution is -0.139. The molecule has 0 amide bonds. The fourth-order valence-electron chi connectivity index (χ4n) is 1.94. The van der Waals surface area contributed by atoms with Crippen LogP contribution in [0.1, 0.15) is 24.4 Å². The number of aromatic hydroxyl groups is 1. The summed E-state index contributed by atoms with van der Waals surface area (Å²) in [6.07, 6.45) is 1.43. The molecule has 80 valence electrons. The summed E-state index contributed by atoms with van der Waals surface area (Å²) in [6.45, 7) is 0. The van der Waals surface area contributed by atoms with Crippen LogP contribution < -0.4 is 5.32 Å². The second kappa shape index (κ2) is 3.90. The van der Waals surface area contributed by atoms with E-state index in [4.69, 9.17) is 5.11 Å².